The van der Waals surface area contributed by atoms with Gasteiger partial charge < -0.3 is 0 Å². The van der Waals surface area contributed by atoms with Crippen molar-refractivity contribution in [2.24, 2.45) is 0 Å². The zero-order valence-electron chi connectivity index (χ0n) is 34.1. The van der Waals surface area contributed by atoms with Gasteiger partial charge in [-0.25, -0.2) is 0 Å². The van der Waals surface area contributed by atoms with Crippen LogP contribution in [0.5, 0.6) is 0 Å². The Labute approximate surface area is 363 Å². The lowest BCUT2D eigenvalue weighted by molar-refractivity contribution is 0.931. The summed E-state index contributed by atoms with van der Waals surface area (Å²) in [4.78, 5) is 13.7. The molecular weight excluding hydrogens is 755 g/mol. The molecule has 5 nitrogen and oxygen atoms in total. The third kappa shape index (κ3) is 8.99. The molecule has 0 saturated carbocycles. The van der Waals surface area contributed by atoms with Gasteiger partial charge in [-0.3, -0.25) is 15.0 Å². The fourth-order valence-corrected chi connectivity index (χ4v) is 8.13. The molecule has 3 heterocycles. The highest BCUT2D eigenvalue weighted by Crippen LogP contribution is 2.41. The largest absolute Gasteiger partial charge is 0.256 e. The smallest absolute Gasteiger partial charge is 0.0992 e. The Bertz CT molecular complexity index is 2920. The van der Waals surface area contributed by atoms with E-state index in [1.807, 2.05) is 79.1 Å². The van der Waals surface area contributed by atoms with Crippen LogP contribution in [0.4, 0.5) is 0 Å². The molecule has 0 saturated heterocycles. The lowest BCUT2D eigenvalue weighted by atomic mass is 9.86. The molecule has 0 radical (unpaired) electrons. The van der Waals surface area contributed by atoms with Crippen molar-refractivity contribution in [3.05, 3.63) is 234 Å². The zero-order chi connectivity index (χ0) is 42.1. The number of aromatic nitrogens is 3. The van der Waals surface area contributed by atoms with Crippen molar-refractivity contribution in [1.82, 2.24) is 15.0 Å². The molecule has 0 N–H and O–H groups in total. The van der Waals surface area contributed by atoms with Crippen LogP contribution >= 0.6 is 0 Å². The number of rotatable bonds is 12. The van der Waals surface area contributed by atoms with Gasteiger partial charge in [-0.15, -0.1) is 0 Å². The van der Waals surface area contributed by atoms with E-state index in [1.54, 1.807) is 12.3 Å². The van der Waals surface area contributed by atoms with Crippen molar-refractivity contribution in [3.8, 4) is 79.3 Å². The fraction of sp³-hybridized carbons (Fsp3) is 0.0702. The van der Waals surface area contributed by atoms with E-state index in [2.05, 4.69) is 136 Å². The van der Waals surface area contributed by atoms with Crippen LogP contribution in [0.25, 0.3) is 67.2 Å². The Morgan fingerprint density at radius 3 is 1.21 bits per heavy atom. The highest BCUT2D eigenvalue weighted by Gasteiger charge is 2.17. The molecule has 9 rings (SSSR count). The van der Waals surface area contributed by atoms with Gasteiger partial charge in [0, 0.05) is 35.3 Å². The van der Waals surface area contributed by atoms with Crippen LogP contribution in [0.1, 0.15) is 33.4 Å². The molecule has 62 heavy (non-hydrogen) atoms. The third-order valence-corrected chi connectivity index (χ3v) is 11.3. The van der Waals surface area contributed by atoms with Gasteiger partial charge in [-0.2, -0.15) is 10.5 Å². The maximum absolute atomic E-state index is 9.97. The number of hydrogen-bond acceptors (Lipinski definition) is 5. The minimum Gasteiger partial charge on any atom is -0.256 e. The number of hydrogen-bond donors (Lipinski definition) is 0. The second-order valence-corrected chi connectivity index (χ2v) is 15.4. The molecule has 0 aliphatic carbocycles. The van der Waals surface area contributed by atoms with Gasteiger partial charge >= 0.3 is 0 Å². The lowest BCUT2D eigenvalue weighted by Gasteiger charge is -2.18. The summed E-state index contributed by atoms with van der Waals surface area (Å²) >= 11 is 0. The highest BCUT2D eigenvalue weighted by molar-refractivity contribution is 5.94. The maximum Gasteiger partial charge on any atom is 0.0992 e. The van der Waals surface area contributed by atoms with E-state index in [0.29, 0.717) is 11.1 Å². The minimum absolute atomic E-state index is 0.441. The predicted octanol–water partition coefficient (Wildman–Crippen LogP) is 13.2. The summed E-state index contributed by atoms with van der Waals surface area (Å²) < 4.78 is 0. The van der Waals surface area contributed by atoms with Crippen LogP contribution in [0.2, 0.25) is 0 Å². The molecule has 0 fully saturated rings. The Hall–Kier alpha value is -8.25. The molecule has 0 bridgehead atoms. The Kier molecular flexibility index (Phi) is 11.6. The maximum atomic E-state index is 9.97. The van der Waals surface area contributed by atoms with Crippen LogP contribution in [0.15, 0.2) is 201 Å². The Morgan fingerprint density at radius 1 is 0.306 bits per heavy atom. The number of aryl methyl sites for hydroxylation is 4. The normalized spacial score (nSPS) is 10.8. The van der Waals surface area contributed by atoms with Crippen LogP contribution < -0.4 is 0 Å². The molecule has 3 aromatic heterocycles. The van der Waals surface area contributed by atoms with E-state index in [-0.39, 0.29) is 0 Å². The van der Waals surface area contributed by atoms with Crippen LogP contribution in [0, 0.1) is 22.7 Å². The van der Waals surface area contributed by atoms with E-state index in [4.69, 9.17) is 0 Å². The number of pyridine rings is 3. The van der Waals surface area contributed by atoms with Gasteiger partial charge in [0.2, 0.25) is 0 Å². The first-order valence-electron chi connectivity index (χ1n) is 20.8. The number of nitrogens with zero attached hydrogens (tertiary/aromatic N) is 5. The topological polar surface area (TPSA) is 86.2 Å². The molecule has 5 heteroatoms. The zero-order valence-corrected chi connectivity index (χ0v) is 34.1. The number of nitriles is 2. The van der Waals surface area contributed by atoms with Gasteiger partial charge in [-0.1, -0.05) is 121 Å². The minimum atomic E-state index is 0.441. The van der Waals surface area contributed by atoms with E-state index in [1.165, 1.54) is 22.3 Å². The monoisotopic (exact) mass is 795 g/mol. The summed E-state index contributed by atoms with van der Waals surface area (Å²) in [5.41, 5.74) is 18.0. The fourth-order valence-electron chi connectivity index (χ4n) is 8.13. The standard InChI is InChI=1S/C57H41N5/c58-38-44-32-45(39-59)36-50(35-44)54-37-48(57-13-5-8-30-62-57)26-27-53(54)52-10-2-1-9-51(52)49-33-42(16-14-40-18-22-46(23-19-40)55-11-3-6-28-60-55)31-43(34-49)17-15-41-20-24-47(25-21-41)56-12-4-7-29-61-56/h1-13,18-37H,14-17H2. The first-order chi connectivity index (χ1) is 30.6. The quantitative estimate of drug-likeness (QED) is 0.123. The Morgan fingerprint density at radius 2 is 0.726 bits per heavy atom. The molecule has 6 aromatic carbocycles. The van der Waals surface area contributed by atoms with Gasteiger partial charge in [0.1, 0.15) is 0 Å². The molecule has 0 amide bonds. The van der Waals surface area contributed by atoms with Crippen molar-refractivity contribution >= 4 is 0 Å². The number of benzene rings is 6. The van der Waals surface area contributed by atoms with Crippen molar-refractivity contribution < 1.29 is 0 Å². The summed E-state index contributed by atoms with van der Waals surface area (Å²) in [6, 6.07) is 67.3. The second-order valence-electron chi connectivity index (χ2n) is 15.4. The molecule has 0 aliphatic heterocycles. The van der Waals surface area contributed by atoms with Crippen molar-refractivity contribution in [2.45, 2.75) is 25.7 Å². The third-order valence-electron chi connectivity index (χ3n) is 11.3. The molecule has 0 spiro atoms. The molecule has 294 valence electrons. The van der Waals surface area contributed by atoms with E-state index in [0.717, 1.165) is 92.8 Å². The molecular formula is C57H41N5. The van der Waals surface area contributed by atoms with Gasteiger partial charge in [0.25, 0.3) is 0 Å². The van der Waals surface area contributed by atoms with Crippen LogP contribution in [-0.4, -0.2) is 15.0 Å². The molecule has 9 aromatic rings. The predicted molar refractivity (Wildman–Crippen MR) is 250 cm³/mol. The Balaban J connectivity index is 1.10. The average Bonchev–Trinajstić information content (AvgIpc) is 3.35. The van der Waals surface area contributed by atoms with Gasteiger partial charge in [0.15, 0.2) is 0 Å². The summed E-state index contributed by atoms with van der Waals surface area (Å²) in [6.07, 6.45) is 9.02. The molecule has 0 atom stereocenters. The summed E-state index contributed by atoms with van der Waals surface area (Å²) in [7, 11) is 0. The lowest BCUT2D eigenvalue weighted by Crippen LogP contribution is -1.98. The van der Waals surface area contributed by atoms with Crippen molar-refractivity contribution in [2.75, 3.05) is 0 Å². The van der Waals surface area contributed by atoms with Crippen LogP contribution in [0.3, 0.4) is 0 Å². The first-order valence-corrected chi connectivity index (χ1v) is 20.8. The van der Waals surface area contributed by atoms with E-state index in [9.17, 15) is 10.5 Å². The first kappa shape index (κ1) is 39.2. The van der Waals surface area contributed by atoms with Crippen molar-refractivity contribution in [1.29, 1.82) is 10.5 Å². The molecule has 0 unspecified atom stereocenters. The van der Waals surface area contributed by atoms with E-state index < -0.39 is 0 Å². The van der Waals surface area contributed by atoms with E-state index >= 15 is 0 Å². The second kappa shape index (κ2) is 18.3. The van der Waals surface area contributed by atoms with Gasteiger partial charge in [-0.05, 0) is 142 Å². The highest BCUT2D eigenvalue weighted by atomic mass is 14.7. The summed E-state index contributed by atoms with van der Waals surface area (Å²) in [6.45, 7) is 0. The SMILES string of the molecule is N#Cc1cc(C#N)cc(-c2cc(-c3ccccn3)ccc2-c2ccccc2-c2cc(CCc3ccc(-c4ccccn4)cc3)cc(CCc3ccc(-c4ccccn4)cc3)c2)c1. The molecule has 0 aliphatic rings. The van der Waals surface area contributed by atoms with Crippen LogP contribution in [-0.2, 0) is 25.7 Å². The average molecular weight is 796 g/mol. The summed E-state index contributed by atoms with van der Waals surface area (Å²) in [5, 5.41) is 19.9. The van der Waals surface area contributed by atoms with Gasteiger partial charge in [0.05, 0.1) is 40.3 Å². The summed E-state index contributed by atoms with van der Waals surface area (Å²) in [5.74, 6) is 0. The van der Waals surface area contributed by atoms with Crippen molar-refractivity contribution in [3.63, 3.8) is 0 Å².